The van der Waals surface area contributed by atoms with E-state index in [0.29, 0.717) is 17.0 Å². The molecule has 0 spiro atoms. The van der Waals surface area contributed by atoms with Crippen LogP contribution in [0.3, 0.4) is 0 Å². The van der Waals surface area contributed by atoms with E-state index in [4.69, 9.17) is 17.4 Å². The topological polar surface area (TPSA) is 50.9 Å². The van der Waals surface area contributed by atoms with Gasteiger partial charge in [-0.25, -0.2) is 9.37 Å². The smallest absolute Gasteiger partial charge is 0.126 e. The van der Waals surface area contributed by atoms with Gasteiger partial charge >= 0.3 is 0 Å². The first-order valence-corrected chi connectivity index (χ1v) is 6.67. The molecular formula is C12H13ClFN3S. The van der Waals surface area contributed by atoms with Gasteiger partial charge in [-0.05, 0) is 37.1 Å². The highest BCUT2D eigenvalue weighted by Crippen LogP contribution is 2.26. The van der Waals surface area contributed by atoms with E-state index in [2.05, 4.69) is 10.4 Å². The Balaban J connectivity index is 2.26. The summed E-state index contributed by atoms with van der Waals surface area (Å²) in [7, 11) is 0. The van der Waals surface area contributed by atoms with Gasteiger partial charge in [0.05, 0.1) is 17.2 Å². The second-order valence-electron chi connectivity index (χ2n) is 3.96. The van der Waals surface area contributed by atoms with Crippen molar-refractivity contribution in [2.24, 2.45) is 5.84 Å². The molecule has 2 aromatic rings. The predicted molar refractivity (Wildman–Crippen MR) is 72.0 cm³/mol. The Kier molecular flexibility index (Phi) is 4.29. The minimum atomic E-state index is -0.276. The van der Waals surface area contributed by atoms with Crippen LogP contribution in [0.5, 0.6) is 0 Å². The molecule has 0 aliphatic carbocycles. The molecular weight excluding hydrogens is 273 g/mol. The minimum absolute atomic E-state index is 0.162. The van der Waals surface area contributed by atoms with Gasteiger partial charge in [0.15, 0.2) is 0 Å². The van der Waals surface area contributed by atoms with Crippen LogP contribution in [0.25, 0.3) is 0 Å². The Morgan fingerprint density at radius 3 is 2.94 bits per heavy atom. The Labute approximate surface area is 114 Å². The van der Waals surface area contributed by atoms with Crippen LogP contribution < -0.4 is 11.3 Å². The van der Waals surface area contributed by atoms with Gasteiger partial charge in [0.1, 0.15) is 5.82 Å². The average Bonchev–Trinajstić information content (AvgIpc) is 2.77. The van der Waals surface area contributed by atoms with Crippen LogP contribution in [0, 0.1) is 12.7 Å². The van der Waals surface area contributed by atoms with E-state index < -0.39 is 0 Å². The number of benzene rings is 1. The molecule has 3 N–H and O–H groups in total. The summed E-state index contributed by atoms with van der Waals surface area (Å²) in [5.74, 6) is 5.27. The third-order valence-electron chi connectivity index (χ3n) is 2.73. The number of nitrogens with one attached hydrogen (secondary N) is 1. The number of rotatable bonds is 4. The van der Waals surface area contributed by atoms with Gasteiger partial charge < -0.3 is 0 Å². The summed E-state index contributed by atoms with van der Waals surface area (Å²) < 4.78 is 13.7. The summed E-state index contributed by atoms with van der Waals surface area (Å²) in [4.78, 5) is 5.18. The van der Waals surface area contributed by atoms with Gasteiger partial charge in [-0.15, -0.1) is 11.3 Å². The molecule has 0 aliphatic heterocycles. The van der Waals surface area contributed by atoms with Crippen molar-refractivity contribution in [2.45, 2.75) is 19.4 Å². The Hall–Kier alpha value is -1.01. The highest BCUT2D eigenvalue weighted by molar-refractivity contribution is 7.09. The van der Waals surface area contributed by atoms with Crippen molar-refractivity contribution in [2.75, 3.05) is 0 Å². The second kappa shape index (κ2) is 5.75. The Morgan fingerprint density at radius 2 is 2.33 bits per heavy atom. The van der Waals surface area contributed by atoms with E-state index in [1.807, 2.05) is 6.92 Å². The lowest BCUT2D eigenvalue weighted by Crippen LogP contribution is -2.29. The van der Waals surface area contributed by atoms with Crippen molar-refractivity contribution in [3.05, 3.63) is 50.7 Å². The summed E-state index contributed by atoms with van der Waals surface area (Å²) in [6.45, 7) is 1.91. The number of nitrogens with two attached hydrogens (primary N) is 1. The number of hydrazine groups is 1. The molecule has 96 valence electrons. The summed E-state index contributed by atoms with van der Waals surface area (Å²) in [5, 5.41) is 0.517. The molecule has 0 amide bonds. The molecule has 0 saturated heterocycles. The molecule has 1 aromatic carbocycles. The average molecular weight is 286 g/mol. The van der Waals surface area contributed by atoms with Crippen LogP contribution in [-0.2, 0) is 6.42 Å². The normalized spacial score (nSPS) is 12.7. The van der Waals surface area contributed by atoms with Crippen molar-refractivity contribution in [1.29, 1.82) is 0 Å². The molecule has 1 unspecified atom stereocenters. The van der Waals surface area contributed by atoms with Crippen molar-refractivity contribution >= 4 is 22.9 Å². The summed E-state index contributed by atoms with van der Waals surface area (Å²) in [6, 6.07) is 4.36. The van der Waals surface area contributed by atoms with Gasteiger partial charge in [0.25, 0.3) is 0 Å². The van der Waals surface area contributed by atoms with E-state index in [0.717, 1.165) is 10.6 Å². The molecule has 2 rings (SSSR count). The molecule has 1 heterocycles. The van der Waals surface area contributed by atoms with Crippen LogP contribution in [-0.4, -0.2) is 4.98 Å². The summed E-state index contributed by atoms with van der Waals surface area (Å²) >= 11 is 7.37. The molecule has 18 heavy (non-hydrogen) atoms. The number of hydrogen-bond acceptors (Lipinski definition) is 4. The lowest BCUT2D eigenvalue weighted by Gasteiger charge is -2.15. The largest absolute Gasteiger partial charge is 0.271 e. The van der Waals surface area contributed by atoms with Gasteiger partial charge in [-0.3, -0.25) is 11.3 Å². The summed E-state index contributed by atoms with van der Waals surface area (Å²) in [5.41, 5.74) is 5.90. The second-order valence-corrected chi connectivity index (χ2v) is 5.28. The number of halogens is 2. The van der Waals surface area contributed by atoms with E-state index >= 15 is 0 Å². The third kappa shape index (κ3) is 2.87. The van der Waals surface area contributed by atoms with E-state index in [1.54, 1.807) is 11.6 Å². The maximum Gasteiger partial charge on any atom is 0.126 e. The van der Waals surface area contributed by atoms with E-state index in [1.165, 1.54) is 23.5 Å². The fraction of sp³-hybridized carbons (Fsp3) is 0.250. The van der Waals surface area contributed by atoms with Gasteiger partial charge in [-0.2, -0.15) is 0 Å². The van der Waals surface area contributed by atoms with Gasteiger partial charge in [0, 0.05) is 9.90 Å². The first kappa shape index (κ1) is 13.4. The van der Waals surface area contributed by atoms with Gasteiger partial charge in [0.2, 0.25) is 0 Å². The SMILES string of the molecule is Cc1ncsc1C(Cc1cc(Cl)ccc1F)NN. The fourth-order valence-electron chi connectivity index (χ4n) is 1.79. The molecule has 0 aliphatic rings. The zero-order valence-corrected chi connectivity index (χ0v) is 11.4. The summed E-state index contributed by atoms with van der Waals surface area (Å²) in [6.07, 6.45) is 0.436. The Bertz CT molecular complexity index is 544. The molecule has 3 nitrogen and oxygen atoms in total. The molecule has 0 bridgehead atoms. The third-order valence-corrected chi connectivity index (χ3v) is 4.01. The van der Waals surface area contributed by atoms with Crippen molar-refractivity contribution < 1.29 is 4.39 Å². The van der Waals surface area contributed by atoms with Crippen LogP contribution >= 0.6 is 22.9 Å². The Morgan fingerprint density at radius 1 is 1.56 bits per heavy atom. The molecule has 1 atom stereocenters. The van der Waals surface area contributed by atoms with Gasteiger partial charge in [-0.1, -0.05) is 11.6 Å². The number of aryl methyl sites for hydroxylation is 1. The van der Waals surface area contributed by atoms with Crippen LogP contribution in [0.1, 0.15) is 22.2 Å². The molecule has 0 saturated carbocycles. The van der Waals surface area contributed by atoms with E-state index in [-0.39, 0.29) is 11.9 Å². The van der Waals surface area contributed by atoms with Crippen molar-refractivity contribution in [3.63, 3.8) is 0 Å². The van der Waals surface area contributed by atoms with Crippen LogP contribution in [0.2, 0.25) is 5.02 Å². The number of hydrogen-bond donors (Lipinski definition) is 2. The van der Waals surface area contributed by atoms with Crippen LogP contribution in [0.4, 0.5) is 4.39 Å². The highest BCUT2D eigenvalue weighted by atomic mass is 35.5. The highest BCUT2D eigenvalue weighted by Gasteiger charge is 2.17. The molecule has 0 fully saturated rings. The maximum absolute atomic E-state index is 13.7. The number of nitrogens with zero attached hydrogens (tertiary/aromatic N) is 1. The van der Waals surface area contributed by atoms with Crippen LogP contribution in [0.15, 0.2) is 23.7 Å². The minimum Gasteiger partial charge on any atom is -0.271 e. The first-order chi connectivity index (χ1) is 8.61. The number of aromatic nitrogens is 1. The standard InChI is InChI=1S/C12H13ClFN3S/c1-7-12(18-6-16-7)11(17-15)5-8-4-9(13)2-3-10(8)14/h2-4,6,11,17H,5,15H2,1H3. The zero-order chi connectivity index (χ0) is 13.1. The molecule has 1 aromatic heterocycles. The molecule has 0 radical (unpaired) electrons. The lowest BCUT2D eigenvalue weighted by atomic mass is 10.0. The first-order valence-electron chi connectivity index (χ1n) is 5.42. The lowest BCUT2D eigenvalue weighted by molar-refractivity contribution is 0.533. The molecule has 6 heteroatoms. The fourth-order valence-corrected chi connectivity index (χ4v) is 2.85. The van der Waals surface area contributed by atoms with Crippen molar-refractivity contribution in [1.82, 2.24) is 10.4 Å². The van der Waals surface area contributed by atoms with E-state index in [9.17, 15) is 4.39 Å². The zero-order valence-electron chi connectivity index (χ0n) is 9.78. The number of thiazole rings is 1. The quantitative estimate of drug-likeness (QED) is 0.671. The maximum atomic E-state index is 13.7. The monoisotopic (exact) mass is 285 g/mol. The van der Waals surface area contributed by atoms with Crippen molar-refractivity contribution in [3.8, 4) is 0 Å². The predicted octanol–water partition coefficient (Wildman–Crippen LogP) is 2.99.